The second kappa shape index (κ2) is 8.88. The molecule has 0 aliphatic carbocycles. The molecule has 5 N–H and O–H groups in total. The molecule has 1 fully saturated rings. The molecular weight excluding hydrogens is 425 g/mol. The van der Waals surface area contributed by atoms with Crippen LogP contribution in [0.5, 0.6) is 0 Å². The first kappa shape index (κ1) is 19.2. The molecule has 2 aromatic rings. The van der Waals surface area contributed by atoms with E-state index in [1.165, 1.54) is 18.2 Å². The highest BCUT2D eigenvalue weighted by atomic mass is 79.9. The zero-order valence-corrected chi connectivity index (χ0v) is 15.6. The largest absolute Gasteiger partial charge is 0.335 e. The van der Waals surface area contributed by atoms with E-state index < -0.39 is 11.8 Å². The zero-order valence-electron chi connectivity index (χ0n) is 14.0. The van der Waals surface area contributed by atoms with Gasteiger partial charge in [0, 0.05) is 6.04 Å². The summed E-state index contributed by atoms with van der Waals surface area (Å²) in [5.41, 5.74) is 2.19. The number of rotatable bonds is 4. The van der Waals surface area contributed by atoms with Crippen LogP contribution in [0.2, 0.25) is 0 Å². The normalized spacial score (nSPS) is 15.4. The standard InChI is InChI=1S/C15H17BrFN7O3/c16-10-7-9(1-2-11(10)17)19-13(22-26)12-14(24-27-23-12)21-15(25)20-8-3-5-18-6-4-8/h1-2,7-8,18,26H,3-6H2,(H,19,22)(H2,20,21,24,25). The Kier molecular flexibility index (Phi) is 6.32. The van der Waals surface area contributed by atoms with Crippen molar-refractivity contribution in [2.24, 2.45) is 4.99 Å². The number of aromatic nitrogens is 2. The molecule has 1 aliphatic heterocycles. The van der Waals surface area contributed by atoms with Gasteiger partial charge in [0.05, 0.1) is 10.2 Å². The average molecular weight is 442 g/mol. The minimum atomic E-state index is -0.472. The molecule has 0 spiro atoms. The van der Waals surface area contributed by atoms with Crippen LogP contribution in [0.3, 0.4) is 0 Å². The van der Waals surface area contributed by atoms with Gasteiger partial charge in [-0.25, -0.2) is 18.8 Å². The summed E-state index contributed by atoms with van der Waals surface area (Å²) in [6.45, 7) is 1.67. The predicted molar refractivity (Wildman–Crippen MR) is 97.6 cm³/mol. The summed E-state index contributed by atoms with van der Waals surface area (Å²) in [4.78, 5) is 16.3. The quantitative estimate of drug-likeness (QED) is 0.277. The van der Waals surface area contributed by atoms with Gasteiger partial charge in [-0.05, 0) is 70.4 Å². The fourth-order valence-electron chi connectivity index (χ4n) is 2.54. The first-order valence-electron chi connectivity index (χ1n) is 8.12. The molecule has 1 saturated heterocycles. The Morgan fingerprint density at radius 3 is 2.85 bits per heavy atom. The number of hydrogen-bond acceptors (Lipinski definition) is 7. The van der Waals surface area contributed by atoms with Crippen molar-refractivity contribution in [2.75, 3.05) is 18.4 Å². The van der Waals surface area contributed by atoms with Gasteiger partial charge in [0.1, 0.15) is 5.82 Å². The van der Waals surface area contributed by atoms with E-state index in [2.05, 4.69) is 51.8 Å². The molecular formula is C15H17BrFN7O3. The summed E-state index contributed by atoms with van der Waals surface area (Å²) >= 11 is 3.06. The van der Waals surface area contributed by atoms with Crippen molar-refractivity contribution in [3.05, 3.63) is 34.2 Å². The van der Waals surface area contributed by atoms with Crippen LogP contribution < -0.4 is 21.4 Å². The number of benzene rings is 1. The first-order chi connectivity index (χ1) is 13.1. The van der Waals surface area contributed by atoms with E-state index >= 15 is 0 Å². The molecule has 0 atom stereocenters. The van der Waals surface area contributed by atoms with Crippen LogP contribution in [-0.4, -0.2) is 46.5 Å². The van der Waals surface area contributed by atoms with Gasteiger partial charge in [0.25, 0.3) is 0 Å². The second-order valence-electron chi connectivity index (χ2n) is 5.75. The van der Waals surface area contributed by atoms with Gasteiger partial charge in [-0.1, -0.05) is 0 Å². The Labute approximate surface area is 161 Å². The summed E-state index contributed by atoms with van der Waals surface area (Å²) in [6, 6.07) is 3.61. The molecule has 0 unspecified atom stereocenters. The third-order valence-electron chi connectivity index (χ3n) is 3.87. The SMILES string of the molecule is O=C(Nc1nonc1C(=Nc1ccc(F)c(Br)c1)NO)NC1CCNCC1. The molecule has 27 heavy (non-hydrogen) atoms. The molecule has 12 heteroatoms. The van der Waals surface area contributed by atoms with Gasteiger partial charge >= 0.3 is 6.03 Å². The maximum atomic E-state index is 13.3. The number of piperidine rings is 1. The summed E-state index contributed by atoms with van der Waals surface area (Å²) in [5, 5.41) is 25.2. The Hall–Kier alpha value is -2.57. The fraction of sp³-hybridized carbons (Fsp3) is 0.333. The number of aliphatic imine (C=N–C) groups is 1. The monoisotopic (exact) mass is 441 g/mol. The van der Waals surface area contributed by atoms with Gasteiger partial charge in [-0.3, -0.25) is 16.0 Å². The molecule has 2 amide bonds. The molecule has 1 aromatic carbocycles. The van der Waals surface area contributed by atoms with E-state index in [1.54, 1.807) is 0 Å². The minimum Gasteiger partial charge on any atom is -0.335 e. The smallest absolute Gasteiger partial charge is 0.320 e. The molecule has 144 valence electrons. The number of hydroxylamine groups is 1. The van der Waals surface area contributed by atoms with E-state index in [0.717, 1.165) is 25.9 Å². The highest BCUT2D eigenvalue weighted by molar-refractivity contribution is 9.10. The third kappa shape index (κ3) is 4.99. The van der Waals surface area contributed by atoms with Crippen molar-refractivity contribution in [2.45, 2.75) is 18.9 Å². The van der Waals surface area contributed by atoms with E-state index in [1.807, 2.05) is 5.48 Å². The average Bonchev–Trinajstić information content (AvgIpc) is 3.11. The molecule has 1 aromatic heterocycles. The Morgan fingerprint density at radius 2 is 2.15 bits per heavy atom. The van der Waals surface area contributed by atoms with Crippen LogP contribution >= 0.6 is 15.9 Å². The summed E-state index contributed by atoms with van der Waals surface area (Å²) < 4.78 is 18.2. The van der Waals surface area contributed by atoms with Crippen molar-refractivity contribution in [1.82, 2.24) is 26.4 Å². The maximum absolute atomic E-state index is 13.3. The van der Waals surface area contributed by atoms with Crippen LogP contribution in [0.15, 0.2) is 32.3 Å². The van der Waals surface area contributed by atoms with Crippen LogP contribution in [0.1, 0.15) is 18.5 Å². The van der Waals surface area contributed by atoms with Crippen LogP contribution in [0, 0.1) is 5.82 Å². The Balaban J connectivity index is 1.74. The topological polar surface area (TPSA) is 137 Å². The molecule has 0 radical (unpaired) electrons. The number of nitrogens with zero attached hydrogens (tertiary/aromatic N) is 3. The molecule has 2 heterocycles. The van der Waals surface area contributed by atoms with Crippen LogP contribution in [0.4, 0.5) is 20.7 Å². The predicted octanol–water partition coefficient (Wildman–Crippen LogP) is 1.90. The fourth-order valence-corrected chi connectivity index (χ4v) is 2.90. The highest BCUT2D eigenvalue weighted by Crippen LogP contribution is 2.23. The second-order valence-corrected chi connectivity index (χ2v) is 6.61. The lowest BCUT2D eigenvalue weighted by Gasteiger charge is -2.23. The van der Waals surface area contributed by atoms with E-state index in [4.69, 9.17) is 0 Å². The van der Waals surface area contributed by atoms with Crippen molar-refractivity contribution in [3.63, 3.8) is 0 Å². The maximum Gasteiger partial charge on any atom is 0.320 e. The number of urea groups is 1. The number of carbonyl (C=O) groups excluding carboxylic acids is 1. The van der Waals surface area contributed by atoms with Gasteiger partial charge < -0.3 is 10.6 Å². The first-order valence-corrected chi connectivity index (χ1v) is 8.91. The molecule has 0 saturated carbocycles. The van der Waals surface area contributed by atoms with Gasteiger partial charge in [-0.2, -0.15) is 0 Å². The van der Waals surface area contributed by atoms with Crippen molar-refractivity contribution in [1.29, 1.82) is 0 Å². The van der Waals surface area contributed by atoms with Crippen molar-refractivity contribution in [3.8, 4) is 0 Å². The molecule has 10 nitrogen and oxygen atoms in total. The summed E-state index contributed by atoms with van der Waals surface area (Å²) in [5.74, 6) is -0.609. The lowest BCUT2D eigenvalue weighted by atomic mass is 10.1. The van der Waals surface area contributed by atoms with E-state index in [9.17, 15) is 14.4 Å². The number of amides is 2. The summed E-state index contributed by atoms with van der Waals surface area (Å²) in [6.07, 6.45) is 1.64. The number of halogens is 2. The molecule has 1 aliphatic rings. The number of nitrogens with one attached hydrogen (secondary N) is 4. The summed E-state index contributed by atoms with van der Waals surface area (Å²) in [7, 11) is 0. The highest BCUT2D eigenvalue weighted by Gasteiger charge is 2.21. The number of amidine groups is 1. The number of anilines is 1. The lowest BCUT2D eigenvalue weighted by molar-refractivity contribution is 0.234. The Bertz CT molecular complexity index is 839. The minimum absolute atomic E-state index is 0.0154. The third-order valence-corrected chi connectivity index (χ3v) is 4.48. The molecule has 3 rings (SSSR count). The van der Waals surface area contributed by atoms with Crippen molar-refractivity contribution >= 4 is 39.3 Å². The lowest BCUT2D eigenvalue weighted by Crippen LogP contribution is -2.44. The van der Waals surface area contributed by atoms with Crippen LogP contribution in [0.25, 0.3) is 0 Å². The zero-order chi connectivity index (χ0) is 19.2. The van der Waals surface area contributed by atoms with Gasteiger partial charge in [-0.15, -0.1) is 0 Å². The van der Waals surface area contributed by atoms with Gasteiger partial charge in [0.2, 0.25) is 5.82 Å². The van der Waals surface area contributed by atoms with E-state index in [0.29, 0.717) is 5.69 Å². The molecule has 0 bridgehead atoms. The van der Waals surface area contributed by atoms with Crippen LogP contribution in [-0.2, 0) is 0 Å². The number of hydrogen-bond donors (Lipinski definition) is 5. The van der Waals surface area contributed by atoms with E-state index in [-0.39, 0.29) is 27.9 Å². The van der Waals surface area contributed by atoms with Crippen molar-refractivity contribution < 1.29 is 19.0 Å². The Morgan fingerprint density at radius 1 is 1.37 bits per heavy atom. The number of carbonyl (C=O) groups is 1. The van der Waals surface area contributed by atoms with Gasteiger partial charge in [0.15, 0.2) is 11.5 Å².